The Kier molecular flexibility index (Phi) is 2.75. The molecule has 0 nitrogen and oxygen atoms in total. The Balaban J connectivity index is 1.89. The second kappa shape index (κ2) is 4.24. The summed E-state index contributed by atoms with van der Waals surface area (Å²) >= 11 is 0. The van der Waals surface area contributed by atoms with Gasteiger partial charge in [0, 0.05) is 11.1 Å². The summed E-state index contributed by atoms with van der Waals surface area (Å²) < 4.78 is 0. The van der Waals surface area contributed by atoms with Gasteiger partial charge in [-0.15, -0.1) is 12.8 Å². The fraction of sp³-hybridized carbons (Fsp3) is 0.565. The van der Waals surface area contributed by atoms with Gasteiger partial charge in [0.15, 0.2) is 0 Å². The third-order valence-corrected chi connectivity index (χ3v) is 6.73. The zero-order valence-electron chi connectivity index (χ0n) is 14.6. The SMILES string of the molecule is C#Cc1cc(C#C)cc(C23CC4(C)CC(C)(CC(C)(C4)C2)C3)c1. The maximum atomic E-state index is 5.69. The maximum Gasteiger partial charge on any atom is 0.0257 e. The van der Waals surface area contributed by atoms with Gasteiger partial charge in [0.25, 0.3) is 0 Å². The van der Waals surface area contributed by atoms with E-state index in [0.29, 0.717) is 16.2 Å². The lowest BCUT2D eigenvalue weighted by Gasteiger charge is -2.69. The van der Waals surface area contributed by atoms with Crippen LogP contribution >= 0.6 is 0 Å². The van der Waals surface area contributed by atoms with Crippen LogP contribution in [-0.4, -0.2) is 0 Å². The highest BCUT2D eigenvalue weighted by molar-refractivity contribution is 5.48. The molecule has 0 atom stereocenters. The van der Waals surface area contributed by atoms with Crippen LogP contribution in [0.5, 0.6) is 0 Å². The van der Waals surface area contributed by atoms with Crippen molar-refractivity contribution in [1.29, 1.82) is 0 Å². The third-order valence-electron chi connectivity index (χ3n) is 6.73. The average Bonchev–Trinajstić information content (AvgIpc) is 2.41. The van der Waals surface area contributed by atoms with Gasteiger partial charge in [0.05, 0.1) is 0 Å². The number of rotatable bonds is 1. The molecule has 1 aromatic carbocycles. The van der Waals surface area contributed by atoms with E-state index in [-0.39, 0.29) is 5.41 Å². The van der Waals surface area contributed by atoms with Gasteiger partial charge in [-0.1, -0.05) is 32.6 Å². The Labute approximate surface area is 141 Å². The summed E-state index contributed by atoms with van der Waals surface area (Å²) in [6.07, 6.45) is 19.4. The van der Waals surface area contributed by atoms with Crippen LogP contribution in [0.1, 0.15) is 76.0 Å². The fourth-order valence-electron chi connectivity index (χ4n) is 7.70. The molecule has 4 saturated carbocycles. The van der Waals surface area contributed by atoms with Crippen LogP contribution in [-0.2, 0) is 5.41 Å². The lowest BCUT2D eigenvalue weighted by molar-refractivity contribution is -0.152. The van der Waals surface area contributed by atoms with Crippen molar-refractivity contribution in [3.63, 3.8) is 0 Å². The van der Waals surface area contributed by atoms with Crippen molar-refractivity contribution in [2.75, 3.05) is 0 Å². The second-order valence-electron chi connectivity index (χ2n) is 9.86. The Morgan fingerprint density at radius 1 is 0.696 bits per heavy atom. The standard InChI is InChI=1S/C23H26/c1-6-17-8-18(7-2)10-19(9-17)23-14-20(3)11-21(4,15-23)13-22(5,12-20)16-23/h1-2,8-10H,11-16H2,3-5H3. The van der Waals surface area contributed by atoms with Gasteiger partial charge >= 0.3 is 0 Å². The van der Waals surface area contributed by atoms with E-state index in [2.05, 4.69) is 44.7 Å². The van der Waals surface area contributed by atoms with E-state index in [0.717, 1.165) is 11.1 Å². The summed E-state index contributed by atoms with van der Waals surface area (Å²) in [6, 6.07) is 6.45. The molecule has 0 aromatic heterocycles. The Morgan fingerprint density at radius 2 is 1.09 bits per heavy atom. The summed E-state index contributed by atoms with van der Waals surface area (Å²) in [5.41, 5.74) is 4.97. The molecule has 0 spiro atoms. The zero-order valence-corrected chi connectivity index (χ0v) is 14.6. The Morgan fingerprint density at radius 3 is 1.43 bits per heavy atom. The molecular formula is C23H26. The first-order valence-corrected chi connectivity index (χ1v) is 8.80. The minimum absolute atomic E-state index is 0.269. The van der Waals surface area contributed by atoms with E-state index in [1.165, 1.54) is 44.1 Å². The summed E-state index contributed by atoms with van der Waals surface area (Å²) in [5, 5.41) is 0. The molecule has 0 radical (unpaired) electrons. The van der Waals surface area contributed by atoms with Crippen LogP contribution in [0.2, 0.25) is 0 Å². The molecular weight excluding hydrogens is 276 g/mol. The largest absolute Gasteiger partial charge is 0.115 e. The molecule has 0 heteroatoms. The van der Waals surface area contributed by atoms with Crippen molar-refractivity contribution in [3.8, 4) is 24.7 Å². The number of hydrogen-bond acceptors (Lipinski definition) is 0. The predicted molar refractivity (Wildman–Crippen MR) is 96.0 cm³/mol. The second-order valence-corrected chi connectivity index (χ2v) is 9.86. The van der Waals surface area contributed by atoms with Crippen molar-refractivity contribution in [2.45, 2.75) is 64.7 Å². The van der Waals surface area contributed by atoms with Crippen LogP contribution in [0.4, 0.5) is 0 Å². The van der Waals surface area contributed by atoms with Gasteiger partial charge in [0.1, 0.15) is 0 Å². The van der Waals surface area contributed by atoms with Crippen molar-refractivity contribution >= 4 is 0 Å². The highest BCUT2D eigenvalue weighted by Crippen LogP contribution is 2.73. The first-order chi connectivity index (χ1) is 10.7. The quantitative estimate of drug-likeness (QED) is 0.619. The van der Waals surface area contributed by atoms with Crippen LogP contribution in [0, 0.1) is 40.9 Å². The minimum Gasteiger partial charge on any atom is -0.115 e. The molecule has 0 heterocycles. The number of benzene rings is 1. The van der Waals surface area contributed by atoms with Crippen molar-refractivity contribution in [1.82, 2.24) is 0 Å². The van der Waals surface area contributed by atoms with Crippen molar-refractivity contribution < 1.29 is 0 Å². The van der Waals surface area contributed by atoms with E-state index in [9.17, 15) is 0 Å². The summed E-state index contributed by atoms with van der Waals surface area (Å²) in [6.45, 7) is 7.55. The molecule has 0 aliphatic heterocycles. The summed E-state index contributed by atoms with van der Waals surface area (Å²) in [5.74, 6) is 5.61. The van der Waals surface area contributed by atoms with Crippen LogP contribution < -0.4 is 0 Å². The van der Waals surface area contributed by atoms with Crippen LogP contribution in [0.25, 0.3) is 0 Å². The minimum atomic E-state index is 0.269. The highest BCUT2D eigenvalue weighted by Gasteiger charge is 2.64. The molecule has 4 bridgehead atoms. The molecule has 118 valence electrons. The Bertz CT molecular complexity index is 680. The zero-order chi connectivity index (χ0) is 16.5. The van der Waals surface area contributed by atoms with E-state index < -0.39 is 0 Å². The highest BCUT2D eigenvalue weighted by atomic mass is 14.7. The molecule has 0 N–H and O–H groups in total. The van der Waals surface area contributed by atoms with Gasteiger partial charge in [-0.2, -0.15) is 0 Å². The van der Waals surface area contributed by atoms with Crippen LogP contribution in [0.3, 0.4) is 0 Å². The third kappa shape index (κ3) is 2.16. The number of terminal acetylenes is 2. The molecule has 0 saturated heterocycles. The smallest absolute Gasteiger partial charge is 0.0257 e. The van der Waals surface area contributed by atoms with E-state index >= 15 is 0 Å². The first-order valence-electron chi connectivity index (χ1n) is 8.80. The first kappa shape index (κ1) is 14.9. The van der Waals surface area contributed by atoms with Gasteiger partial charge in [-0.05, 0) is 83.9 Å². The van der Waals surface area contributed by atoms with Gasteiger partial charge in [-0.25, -0.2) is 0 Å². The fourth-order valence-corrected chi connectivity index (χ4v) is 7.70. The van der Waals surface area contributed by atoms with Crippen molar-refractivity contribution in [2.24, 2.45) is 16.2 Å². The lowest BCUT2D eigenvalue weighted by Crippen LogP contribution is -2.60. The lowest BCUT2D eigenvalue weighted by atomic mass is 9.35. The molecule has 0 unspecified atom stereocenters. The summed E-state index contributed by atoms with van der Waals surface area (Å²) in [7, 11) is 0. The predicted octanol–water partition coefficient (Wildman–Crippen LogP) is 5.29. The van der Waals surface area contributed by atoms with Gasteiger partial charge < -0.3 is 0 Å². The summed E-state index contributed by atoms with van der Waals surface area (Å²) in [4.78, 5) is 0. The topological polar surface area (TPSA) is 0 Å². The van der Waals surface area contributed by atoms with E-state index in [4.69, 9.17) is 12.8 Å². The maximum absolute atomic E-state index is 5.69. The van der Waals surface area contributed by atoms with E-state index in [1.807, 2.05) is 6.07 Å². The number of hydrogen-bond donors (Lipinski definition) is 0. The van der Waals surface area contributed by atoms with Gasteiger partial charge in [0.2, 0.25) is 0 Å². The van der Waals surface area contributed by atoms with Crippen LogP contribution in [0.15, 0.2) is 18.2 Å². The molecule has 1 aromatic rings. The van der Waals surface area contributed by atoms with Gasteiger partial charge in [-0.3, -0.25) is 0 Å². The molecule has 5 rings (SSSR count). The molecule has 4 fully saturated rings. The average molecular weight is 302 g/mol. The molecule has 4 aliphatic carbocycles. The molecule has 0 amide bonds. The molecule has 4 aliphatic rings. The van der Waals surface area contributed by atoms with E-state index in [1.54, 1.807) is 0 Å². The Hall–Kier alpha value is -1.66. The molecule has 23 heavy (non-hydrogen) atoms. The normalized spacial score (nSPS) is 43.9. The monoisotopic (exact) mass is 302 g/mol. The van der Waals surface area contributed by atoms with Crippen molar-refractivity contribution in [3.05, 3.63) is 34.9 Å².